The number of nitrogens with one attached hydrogen (secondary N) is 1. The van der Waals surface area contributed by atoms with E-state index in [1.54, 1.807) is 48.2 Å². The van der Waals surface area contributed by atoms with Gasteiger partial charge in [0.25, 0.3) is 11.8 Å². The van der Waals surface area contributed by atoms with Crippen molar-refractivity contribution in [3.8, 4) is 5.75 Å². The van der Waals surface area contributed by atoms with Crippen LogP contribution in [-0.2, 0) is 17.9 Å². The van der Waals surface area contributed by atoms with E-state index in [1.165, 1.54) is 18.2 Å². The lowest BCUT2D eigenvalue weighted by molar-refractivity contribution is -0.138. The van der Waals surface area contributed by atoms with Gasteiger partial charge in [-0.2, -0.15) is 0 Å². The highest BCUT2D eigenvalue weighted by Crippen LogP contribution is 2.29. The van der Waals surface area contributed by atoms with Crippen LogP contribution in [0.3, 0.4) is 0 Å². The predicted octanol–water partition coefficient (Wildman–Crippen LogP) is 5.04. The smallest absolute Gasteiger partial charge is 0.263 e. The minimum atomic E-state index is -0.638. The van der Waals surface area contributed by atoms with E-state index in [0.29, 0.717) is 29.5 Å². The molecule has 0 fully saturated rings. The Bertz CT molecular complexity index is 1130. The van der Waals surface area contributed by atoms with Crippen LogP contribution in [0, 0.1) is 5.82 Å². The maximum Gasteiger partial charge on any atom is 0.263 e. The second kappa shape index (κ2) is 8.78. The summed E-state index contributed by atoms with van der Waals surface area (Å²) in [4.78, 5) is 27.0. The van der Waals surface area contributed by atoms with Crippen LogP contribution in [0.15, 0.2) is 66.7 Å². The van der Waals surface area contributed by atoms with E-state index in [1.807, 2.05) is 12.1 Å². The summed E-state index contributed by atoms with van der Waals surface area (Å²) in [6.45, 7) is 2.44. The third kappa shape index (κ3) is 4.86. The highest BCUT2D eigenvalue weighted by Gasteiger charge is 2.28. The molecule has 1 atom stereocenters. The molecule has 1 N–H and O–H groups in total. The van der Waals surface area contributed by atoms with Gasteiger partial charge >= 0.3 is 0 Å². The third-order valence-corrected chi connectivity index (χ3v) is 5.27. The van der Waals surface area contributed by atoms with Gasteiger partial charge in [-0.05, 0) is 61.0 Å². The first-order chi connectivity index (χ1) is 14.9. The number of carbonyl (C=O) groups is 2. The van der Waals surface area contributed by atoms with Crippen LogP contribution in [0.4, 0.5) is 10.1 Å². The molecule has 1 unspecified atom stereocenters. The van der Waals surface area contributed by atoms with Crippen LogP contribution in [0.25, 0.3) is 0 Å². The van der Waals surface area contributed by atoms with Crippen molar-refractivity contribution in [2.24, 2.45) is 0 Å². The molecule has 5 nitrogen and oxygen atoms in total. The number of rotatable bonds is 4. The SMILES string of the molecule is CC1Oc2ccc(NC(=O)c3cccc(F)c3)cc2CN(Cc2ccc(Cl)cc2)C1=O. The molecule has 0 aliphatic carbocycles. The van der Waals surface area contributed by atoms with Crippen molar-refractivity contribution >= 4 is 29.1 Å². The van der Waals surface area contributed by atoms with E-state index in [2.05, 4.69) is 5.32 Å². The molecule has 7 heteroatoms. The van der Waals surface area contributed by atoms with Gasteiger partial charge in [-0.15, -0.1) is 0 Å². The van der Waals surface area contributed by atoms with Crippen LogP contribution < -0.4 is 10.1 Å². The zero-order valence-electron chi connectivity index (χ0n) is 16.8. The zero-order valence-corrected chi connectivity index (χ0v) is 17.5. The van der Waals surface area contributed by atoms with Crippen molar-refractivity contribution in [3.05, 3.63) is 94.3 Å². The molecule has 0 radical (unpaired) electrons. The quantitative estimate of drug-likeness (QED) is 0.620. The lowest BCUT2D eigenvalue weighted by atomic mass is 10.1. The first kappa shape index (κ1) is 20.9. The summed E-state index contributed by atoms with van der Waals surface area (Å²) >= 11 is 5.96. The van der Waals surface area contributed by atoms with Gasteiger partial charge in [-0.1, -0.05) is 29.8 Å². The summed E-state index contributed by atoms with van der Waals surface area (Å²) in [6.07, 6.45) is -0.638. The molecule has 1 heterocycles. The molecule has 1 aliphatic rings. The number of benzene rings is 3. The van der Waals surface area contributed by atoms with E-state index in [0.717, 1.165) is 11.1 Å². The van der Waals surface area contributed by atoms with Gasteiger partial charge in [0.15, 0.2) is 6.10 Å². The fourth-order valence-electron chi connectivity index (χ4n) is 3.45. The summed E-state index contributed by atoms with van der Waals surface area (Å²) in [7, 11) is 0. The summed E-state index contributed by atoms with van der Waals surface area (Å²) in [5.74, 6) is -0.440. The fraction of sp³-hybridized carbons (Fsp3) is 0.167. The molecule has 31 heavy (non-hydrogen) atoms. The molecule has 0 aromatic heterocycles. The minimum absolute atomic E-state index is 0.128. The zero-order chi connectivity index (χ0) is 22.0. The Labute approximate surface area is 184 Å². The third-order valence-electron chi connectivity index (χ3n) is 5.02. The number of anilines is 1. The molecule has 1 aliphatic heterocycles. The number of hydrogen-bond acceptors (Lipinski definition) is 3. The van der Waals surface area contributed by atoms with Crippen LogP contribution in [0.1, 0.15) is 28.4 Å². The number of nitrogens with zero attached hydrogens (tertiary/aromatic N) is 1. The van der Waals surface area contributed by atoms with E-state index in [-0.39, 0.29) is 11.5 Å². The fourth-order valence-corrected chi connectivity index (χ4v) is 3.58. The Morgan fingerprint density at radius 3 is 2.68 bits per heavy atom. The average Bonchev–Trinajstić information content (AvgIpc) is 2.86. The largest absolute Gasteiger partial charge is 0.481 e. The molecule has 0 saturated heterocycles. The maximum absolute atomic E-state index is 13.4. The molecule has 3 aromatic carbocycles. The van der Waals surface area contributed by atoms with Crippen molar-refractivity contribution in [1.29, 1.82) is 0 Å². The van der Waals surface area contributed by atoms with Crippen molar-refractivity contribution in [1.82, 2.24) is 4.90 Å². The maximum atomic E-state index is 13.4. The van der Waals surface area contributed by atoms with Gasteiger partial charge in [0.1, 0.15) is 11.6 Å². The van der Waals surface area contributed by atoms with Gasteiger partial charge in [0.2, 0.25) is 0 Å². The number of halogens is 2. The predicted molar refractivity (Wildman–Crippen MR) is 117 cm³/mol. The van der Waals surface area contributed by atoms with Crippen LogP contribution in [0.2, 0.25) is 5.02 Å². The Balaban J connectivity index is 1.56. The van der Waals surface area contributed by atoms with Crippen LogP contribution in [0.5, 0.6) is 5.75 Å². The monoisotopic (exact) mass is 438 g/mol. The normalized spacial score (nSPS) is 15.6. The van der Waals surface area contributed by atoms with Gasteiger partial charge < -0.3 is 15.0 Å². The van der Waals surface area contributed by atoms with E-state index < -0.39 is 17.8 Å². The summed E-state index contributed by atoms with van der Waals surface area (Å²) in [5.41, 5.74) is 2.47. The first-order valence-electron chi connectivity index (χ1n) is 9.79. The number of hydrogen-bond donors (Lipinski definition) is 1. The molecule has 158 valence electrons. The second-order valence-corrected chi connectivity index (χ2v) is 7.80. The molecule has 0 bridgehead atoms. The second-order valence-electron chi connectivity index (χ2n) is 7.37. The molecule has 0 spiro atoms. The van der Waals surface area contributed by atoms with Crippen molar-refractivity contribution < 1.29 is 18.7 Å². The van der Waals surface area contributed by atoms with Crippen molar-refractivity contribution in [3.63, 3.8) is 0 Å². The van der Waals surface area contributed by atoms with Gasteiger partial charge in [-0.25, -0.2) is 4.39 Å². The number of fused-ring (bicyclic) bond motifs is 1. The van der Waals surface area contributed by atoms with Gasteiger partial charge in [0.05, 0.1) is 0 Å². The Kier molecular flexibility index (Phi) is 5.91. The summed E-state index contributed by atoms with van der Waals surface area (Å²) in [6, 6.07) is 18.0. The first-order valence-corrected chi connectivity index (χ1v) is 10.2. The molecule has 3 aromatic rings. The lowest BCUT2D eigenvalue weighted by Crippen LogP contribution is -2.37. The molecule has 4 rings (SSSR count). The Morgan fingerprint density at radius 2 is 1.94 bits per heavy atom. The highest BCUT2D eigenvalue weighted by molar-refractivity contribution is 6.30. The average molecular weight is 439 g/mol. The molecular formula is C24H20ClFN2O3. The summed E-state index contributed by atoms with van der Waals surface area (Å²) < 4.78 is 19.3. The molecule has 2 amide bonds. The standard InChI is InChI=1S/C24H20ClFN2O3/c1-15-24(30)28(13-16-5-7-19(25)8-6-16)14-18-12-21(9-10-22(18)31-15)27-23(29)17-3-2-4-20(26)11-17/h2-12,15H,13-14H2,1H3,(H,27,29). The minimum Gasteiger partial charge on any atom is -0.481 e. The number of amides is 2. The Hall–Kier alpha value is -3.38. The van der Waals surface area contributed by atoms with Gasteiger partial charge in [-0.3, -0.25) is 9.59 Å². The van der Waals surface area contributed by atoms with Crippen LogP contribution in [-0.4, -0.2) is 22.8 Å². The van der Waals surface area contributed by atoms with E-state index >= 15 is 0 Å². The lowest BCUT2D eigenvalue weighted by Gasteiger charge is -2.22. The van der Waals surface area contributed by atoms with Crippen molar-refractivity contribution in [2.75, 3.05) is 5.32 Å². The van der Waals surface area contributed by atoms with Gasteiger partial charge in [0, 0.05) is 34.9 Å². The van der Waals surface area contributed by atoms with Crippen LogP contribution >= 0.6 is 11.6 Å². The van der Waals surface area contributed by atoms with E-state index in [4.69, 9.17) is 16.3 Å². The molecule has 0 saturated carbocycles. The summed E-state index contributed by atoms with van der Waals surface area (Å²) in [5, 5.41) is 3.40. The number of carbonyl (C=O) groups excluding carboxylic acids is 2. The van der Waals surface area contributed by atoms with E-state index in [9.17, 15) is 14.0 Å². The number of ether oxygens (including phenoxy) is 1. The van der Waals surface area contributed by atoms with Crippen molar-refractivity contribution in [2.45, 2.75) is 26.1 Å². The Morgan fingerprint density at radius 1 is 1.16 bits per heavy atom. The topological polar surface area (TPSA) is 58.6 Å². The highest BCUT2D eigenvalue weighted by atomic mass is 35.5. The molecular weight excluding hydrogens is 419 g/mol.